The molecule has 1 saturated heterocycles. The van der Waals surface area contributed by atoms with Gasteiger partial charge in [-0.05, 0) is 18.6 Å². The average molecular weight is 288 g/mol. The standard InChI is InChI=1S/C14H16N4O3/c1-10-4-2-3-5-11(10)18-15-12(14(19)20)13(16-18)17-6-8-21-9-7-17/h2-5H,6-9H2,1H3,(H,19,20). The number of carbonyl (C=O) groups is 1. The van der Waals surface area contributed by atoms with Crippen LogP contribution >= 0.6 is 0 Å². The van der Waals surface area contributed by atoms with E-state index in [1.165, 1.54) is 4.80 Å². The van der Waals surface area contributed by atoms with E-state index in [4.69, 9.17) is 4.74 Å². The van der Waals surface area contributed by atoms with Crippen molar-refractivity contribution < 1.29 is 14.6 Å². The fourth-order valence-corrected chi connectivity index (χ4v) is 2.32. The number of hydrogen-bond donors (Lipinski definition) is 1. The van der Waals surface area contributed by atoms with E-state index in [0.29, 0.717) is 32.1 Å². The molecular weight excluding hydrogens is 272 g/mol. The highest BCUT2D eigenvalue weighted by atomic mass is 16.5. The predicted octanol–water partition coefficient (Wildman–Crippen LogP) is 1.11. The zero-order chi connectivity index (χ0) is 14.8. The second-order valence-electron chi connectivity index (χ2n) is 4.85. The first-order chi connectivity index (χ1) is 10.2. The van der Waals surface area contributed by atoms with Crippen LogP contribution in [0.4, 0.5) is 5.82 Å². The summed E-state index contributed by atoms with van der Waals surface area (Å²) in [5.41, 5.74) is 1.73. The molecule has 0 bridgehead atoms. The van der Waals surface area contributed by atoms with Crippen molar-refractivity contribution in [3.63, 3.8) is 0 Å². The van der Waals surface area contributed by atoms with Crippen LogP contribution in [0.25, 0.3) is 5.69 Å². The number of anilines is 1. The molecule has 21 heavy (non-hydrogen) atoms. The molecule has 2 aromatic rings. The van der Waals surface area contributed by atoms with Crippen LogP contribution in [-0.2, 0) is 4.74 Å². The number of hydrogen-bond acceptors (Lipinski definition) is 5. The van der Waals surface area contributed by atoms with Gasteiger partial charge in [0.1, 0.15) is 0 Å². The summed E-state index contributed by atoms with van der Waals surface area (Å²) in [5.74, 6) is -0.676. The van der Waals surface area contributed by atoms with Crippen molar-refractivity contribution >= 4 is 11.8 Å². The molecule has 2 heterocycles. The third-order valence-electron chi connectivity index (χ3n) is 3.44. The summed E-state index contributed by atoms with van der Waals surface area (Å²) < 4.78 is 5.29. The Morgan fingerprint density at radius 1 is 1.24 bits per heavy atom. The van der Waals surface area contributed by atoms with Crippen LogP contribution in [0.3, 0.4) is 0 Å². The number of aromatic nitrogens is 3. The van der Waals surface area contributed by atoms with Gasteiger partial charge in [0.25, 0.3) is 0 Å². The van der Waals surface area contributed by atoms with Crippen LogP contribution in [0.15, 0.2) is 24.3 Å². The highest BCUT2D eigenvalue weighted by Crippen LogP contribution is 2.20. The normalized spacial score (nSPS) is 15.2. The Morgan fingerprint density at radius 2 is 1.95 bits per heavy atom. The molecular formula is C14H16N4O3. The van der Waals surface area contributed by atoms with E-state index in [1.54, 1.807) is 0 Å². The number of para-hydroxylation sites is 1. The van der Waals surface area contributed by atoms with Gasteiger partial charge >= 0.3 is 5.97 Å². The van der Waals surface area contributed by atoms with Crippen LogP contribution in [-0.4, -0.2) is 52.4 Å². The summed E-state index contributed by atoms with van der Waals surface area (Å²) in [6.07, 6.45) is 0. The molecule has 1 aromatic heterocycles. The van der Waals surface area contributed by atoms with Crippen molar-refractivity contribution in [2.45, 2.75) is 6.92 Å². The number of morpholine rings is 1. The topological polar surface area (TPSA) is 80.5 Å². The zero-order valence-electron chi connectivity index (χ0n) is 11.7. The number of carboxylic acids is 1. The van der Waals surface area contributed by atoms with Crippen LogP contribution in [0.1, 0.15) is 16.1 Å². The van der Waals surface area contributed by atoms with Crippen LogP contribution in [0, 0.1) is 6.92 Å². The Labute approximate surface area is 121 Å². The number of nitrogens with zero attached hydrogens (tertiary/aromatic N) is 4. The van der Waals surface area contributed by atoms with Crippen molar-refractivity contribution in [3.8, 4) is 5.69 Å². The third-order valence-corrected chi connectivity index (χ3v) is 3.44. The van der Waals surface area contributed by atoms with Crippen LogP contribution in [0.2, 0.25) is 0 Å². The van der Waals surface area contributed by atoms with Gasteiger partial charge in [-0.25, -0.2) is 4.79 Å². The molecule has 1 fully saturated rings. The molecule has 1 aliphatic rings. The van der Waals surface area contributed by atoms with Crippen molar-refractivity contribution in [2.75, 3.05) is 31.2 Å². The largest absolute Gasteiger partial charge is 0.476 e. The van der Waals surface area contributed by atoms with E-state index in [-0.39, 0.29) is 5.69 Å². The SMILES string of the molecule is Cc1ccccc1-n1nc(C(=O)O)c(N2CCOCC2)n1. The molecule has 0 unspecified atom stereocenters. The Bertz CT molecular complexity index is 662. The predicted molar refractivity (Wildman–Crippen MR) is 76.1 cm³/mol. The van der Waals surface area contributed by atoms with Crippen molar-refractivity contribution in [3.05, 3.63) is 35.5 Å². The lowest BCUT2D eigenvalue weighted by Crippen LogP contribution is -2.37. The van der Waals surface area contributed by atoms with Gasteiger partial charge in [-0.3, -0.25) is 0 Å². The Kier molecular flexibility index (Phi) is 3.57. The molecule has 7 nitrogen and oxygen atoms in total. The van der Waals surface area contributed by atoms with Gasteiger partial charge in [0.2, 0.25) is 5.69 Å². The maximum Gasteiger partial charge on any atom is 0.360 e. The molecule has 7 heteroatoms. The molecule has 0 atom stereocenters. The molecule has 110 valence electrons. The van der Waals surface area contributed by atoms with Gasteiger partial charge in [0.15, 0.2) is 5.82 Å². The molecule has 1 aromatic carbocycles. The van der Waals surface area contributed by atoms with Gasteiger partial charge in [0.05, 0.1) is 18.9 Å². The Hall–Kier alpha value is -2.41. The third kappa shape index (κ3) is 2.59. The zero-order valence-corrected chi connectivity index (χ0v) is 11.7. The number of aromatic carboxylic acids is 1. The van der Waals surface area contributed by atoms with E-state index in [0.717, 1.165) is 11.3 Å². The quantitative estimate of drug-likeness (QED) is 0.911. The van der Waals surface area contributed by atoms with Crippen LogP contribution in [0.5, 0.6) is 0 Å². The fourth-order valence-electron chi connectivity index (χ4n) is 2.32. The summed E-state index contributed by atoms with van der Waals surface area (Å²) in [4.78, 5) is 14.7. The number of aryl methyl sites for hydroxylation is 1. The van der Waals surface area contributed by atoms with E-state index in [2.05, 4.69) is 10.2 Å². The minimum Gasteiger partial charge on any atom is -0.476 e. The highest BCUT2D eigenvalue weighted by Gasteiger charge is 2.25. The molecule has 3 rings (SSSR count). The van der Waals surface area contributed by atoms with Crippen molar-refractivity contribution in [2.24, 2.45) is 0 Å². The molecule has 0 aliphatic carbocycles. The summed E-state index contributed by atoms with van der Waals surface area (Å²) in [7, 11) is 0. The summed E-state index contributed by atoms with van der Waals surface area (Å²) in [5, 5.41) is 17.9. The monoisotopic (exact) mass is 288 g/mol. The maximum absolute atomic E-state index is 11.4. The smallest absolute Gasteiger partial charge is 0.360 e. The van der Waals surface area contributed by atoms with Crippen molar-refractivity contribution in [1.82, 2.24) is 15.0 Å². The molecule has 0 spiro atoms. The second kappa shape index (κ2) is 5.53. The first-order valence-electron chi connectivity index (χ1n) is 6.76. The van der Waals surface area contributed by atoms with Crippen LogP contribution < -0.4 is 4.90 Å². The minimum atomic E-state index is -1.07. The summed E-state index contributed by atoms with van der Waals surface area (Å²) in [6, 6.07) is 7.60. The molecule has 0 amide bonds. The van der Waals surface area contributed by atoms with Gasteiger partial charge in [-0.1, -0.05) is 18.2 Å². The van der Waals surface area contributed by atoms with Gasteiger partial charge in [-0.2, -0.15) is 0 Å². The number of ether oxygens (including phenoxy) is 1. The lowest BCUT2D eigenvalue weighted by atomic mass is 10.2. The lowest BCUT2D eigenvalue weighted by molar-refractivity contribution is 0.0689. The van der Waals surface area contributed by atoms with E-state index in [1.807, 2.05) is 36.1 Å². The first kappa shape index (κ1) is 13.6. The lowest BCUT2D eigenvalue weighted by Gasteiger charge is -2.26. The number of carboxylic acid groups (broad SMARTS) is 1. The molecule has 0 saturated carbocycles. The van der Waals surface area contributed by atoms with E-state index >= 15 is 0 Å². The second-order valence-corrected chi connectivity index (χ2v) is 4.85. The van der Waals surface area contributed by atoms with E-state index < -0.39 is 5.97 Å². The molecule has 1 aliphatic heterocycles. The van der Waals surface area contributed by atoms with E-state index in [9.17, 15) is 9.90 Å². The van der Waals surface area contributed by atoms with Gasteiger partial charge in [0, 0.05) is 13.1 Å². The van der Waals surface area contributed by atoms with Gasteiger partial charge < -0.3 is 14.7 Å². The first-order valence-corrected chi connectivity index (χ1v) is 6.76. The minimum absolute atomic E-state index is 0.0276. The number of benzene rings is 1. The number of rotatable bonds is 3. The fraction of sp³-hybridized carbons (Fsp3) is 0.357. The highest BCUT2D eigenvalue weighted by molar-refractivity contribution is 5.91. The summed E-state index contributed by atoms with van der Waals surface area (Å²) in [6.45, 7) is 4.31. The molecule has 1 N–H and O–H groups in total. The average Bonchev–Trinajstić information content (AvgIpc) is 2.94. The summed E-state index contributed by atoms with van der Waals surface area (Å²) >= 11 is 0. The van der Waals surface area contributed by atoms with Gasteiger partial charge in [-0.15, -0.1) is 15.0 Å². The Morgan fingerprint density at radius 3 is 2.62 bits per heavy atom. The maximum atomic E-state index is 11.4. The molecule has 0 radical (unpaired) electrons. The Balaban J connectivity index is 2.04. The van der Waals surface area contributed by atoms with Crippen molar-refractivity contribution in [1.29, 1.82) is 0 Å².